The average molecular weight is 497 g/mol. The Morgan fingerprint density at radius 1 is 1.00 bits per heavy atom. The van der Waals surface area contributed by atoms with Gasteiger partial charge in [0.05, 0.1) is 14.2 Å². The third kappa shape index (κ3) is 5.44. The zero-order valence-corrected chi connectivity index (χ0v) is 20.3. The number of ether oxygens (including phenoxy) is 3. The van der Waals surface area contributed by atoms with Crippen LogP contribution in [0.3, 0.4) is 0 Å². The summed E-state index contributed by atoms with van der Waals surface area (Å²) in [4.78, 5) is 14.9. The number of primary amides is 1. The van der Waals surface area contributed by atoms with Crippen LogP contribution in [0.25, 0.3) is 0 Å². The third-order valence-electron chi connectivity index (χ3n) is 6.64. The lowest BCUT2D eigenvalue weighted by molar-refractivity contribution is -0.124. The Kier molecular flexibility index (Phi) is 8.05. The predicted octanol–water partition coefficient (Wildman–Crippen LogP) is 5.06. The van der Waals surface area contributed by atoms with Crippen LogP contribution in [0.5, 0.6) is 17.2 Å². The highest BCUT2D eigenvalue weighted by Crippen LogP contribution is 2.43. The van der Waals surface area contributed by atoms with E-state index in [0.717, 1.165) is 16.7 Å². The number of carbonyl (C=O) groups excluding carboxylic acids is 1. The van der Waals surface area contributed by atoms with E-state index in [-0.39, 0.29) is 11.8 Å². The fourth-order valence-electron chi connectivity index (χ4n) is 5.05. The fraction of sp³-hybridized carbons (Fsp3) is 0.321. The van der Waals surface area contributed by atoms with Gasteiger partial charge < -0.3 is 19.9 Å². The zero-order chi connectivity index (χ0) is 25.7. The molecule has 0 aliphatic carbocycles. The zero-order valence-electron chi connectivity index (χ0n) is 20.3. The molecule has 1 aliphatic heterocycles. The maximum absolute atomic E-state index is 13.0. The molecule has 0 bridgehead atoms. The average Bonchev–Trinajstić information content (AvgIpc) is 2.88. The Labute approximate surface area is 209 Å². The first-order valence-electron chi connectivity index (χ1n) is 11.8. The Bertz CT molecular complexity index is 1190. The van der Waals surface area contributed by atoms with Gasteiger partial charge in [0, 0.05) is 12.6 Å². The molecule has 0 aromatic heterocycles. The van der Waals surface area contributed by atoms with Crippen molar-refractivity contribution in [2.24, 2.45) is 5.73 Å². The summed E-state index contributed by atoms with van der Waals surface area (Å²) >= 11 is 0. The smallest absolute Gasteiger partial charge is 0.387 e. The molecule has 2 unspecified atom stereocenters. The molecule has 2 N–H and O–H groups in total. The summed E-state index contributed by atoms with van der Waals surface area (Å²) in [6.07, 6.45) is 1.69. The maximum atomic E-state index is 13.0. The van der Waals surface area contributed by atoms with Crippen LogP contribution in [0, 0.1) is 0 Å². The van der Waals surface area contributed by atoms with Gasteiger partial charge >= 0.3 is 6.61 Å². The molecular formula is C28H30F2N2O4. The van der Waals surface area contributed by atoms with Crippen LogP contribution in [0.2, 0.25) is 0 Å². The van der Waals surface area contributed by atoms with E-state index in [1.807, 2.05) is 42.5 Å². The molecule has 3 aromatic rings. The minimum absolute atomic E-state index is 0.150. The number of nitrogens with zero attached hydrogens (tertiary/aromatic N) is 1. The van der Waals surface area contributed by atoms with Gasteiger partial charge in [-0.05, 0) is 59.7 Å². The lowest BCUT2D eigenvalue weighted by Gasteiger charge is -2.41. The van der Waals surface area contributed by atoms with E-state index in [9.17, 15) is 13.6 Å². The van der Waals surface area contributed by atoms with Gasteiger partial charge in [-0.15, -0.1) is 0 Å². The standard InChI is InChI=1S/C28H30F2N2O4/c1-34-24-16-20-14-15-32(26(27(31)33)19-9-4-3-5-10-19)22(21(20)17-25(24)35-2)13-12-18-8-6-7-11-23(18)36-28(29)30/h3-11,16-17,22,26,28H,12-15H2,1-2H3,(H2,31,33). The van der Waals surface area contributed by atoms with Crippen LogP contribution in [0.1, 0.15) is 40.8 Å². The molecule has 1 amide bonds. The van der Waals surface area contributed by atoms with Crippen molar-refractivity contribution in [1.29, 1.82) is 0 Å². The van der Waals surface area contributed by atoms with Gasteiger partial charge in [0.1, 0.15) is 11.8 Å². The molecule has 4 rings (SSSR count). The molecule has 6 nitrogen and oxygen atoms in total. The number of hydrogen-bond donors (Lipinski definition) is 1. The van der Waals surface area contributed by atoms with Crippen molar-refractivity contribution in [1.82, 2.24) is 4.90 Å². The topological polar surface area (TPSA) is 74.0 Å². The van der Waals surface area contributed by atoms with Gasteiger partial charge in [-0.2, -0.15) is 8.78 Å². The number of methoxy groups -OCH3 is 2. The number of nitrogens with two attached hydrogens (primary N) is 1. The number of fused-ring (bicyclic) bond motifs is 1. The fourth-order valence-corrected chi connectivity index (χ4v) is 5.05. The van der Waals surface area contributed by atoms with Crippen molar-refractivity contribution in [2.45, 2.75) is 38.0 Å². The van der Waals surface area contributed by atoms with Crippen LogP contribution in [0.15, 0.2) is 66.7 Å². The largest absolute Gasteiger partial charge is 0.493 e. The molecule has 2 atom stereocenters. The number of hydrogen-bond acceptors (Lipinski definition) is 5. The molecule has 36 heavy (non-hydrogen) atoms. The molecule has 1 heterocycles. The summed E-state index contributed by atoms with van der Waals surface area (Å²) in [6, 6.07) is 19.2. The second kappa shape index (κ2) is 11.4. The minimum atomic E-state index is -2.91. The van der Waals surface area contributed by atoms with Crippen LogP contribution in [-0.2, 0) is 17.6 Å². The second-order valence-corrected chi connectivity index (χ2v) is 8.65. The van der Waals surface area contributed by atoms with E-state index in [1.54, 1.807) is 32.4 Å². The Morgan fingerprint density at radius 2 is 1.67 bits per heavy atom. The summed E-state index contributed by atoms with van der Waals surface area (Å²) in [5.74, 6) is 0.918. The highest BCUT2D eigenvalue weighted by molar-refractivity contribution is 5.81. The van der Waals surface area contributed by atoms with Gasteiger partial charge in [0.25, 0.3) is 0 Å². The van der Waals surface area contributed by atoms with Gasteiger partial charge in [-0.25, -0.2) is 0 Å². The van der Waals surface area contributed by atoms with Crippen LogP contribution in [0.4, 0.5) is 8.78 Å². The van der Waals surface area contributed by atoms with Gasteiger partial charge in [0.2, 0.25) is 5.91 Å². The van der Waals surface area contributed by atoms with Crippen molar-refractivity contribution >= 4 is 5.91 Å². The number of aryl methyl sites for hydroxylation is 1. The number of benzene rings is 3. The molecule has 190 valence electrons. The Hall–Kier alpha value is -3.65. The van der Waals surface area contributed by atoms with Crippen LogP contribution < -0.4 is 19.9 Å². The van der Waals surface area contributed by atoms with E-state index in [2.05, 4.69) is 4.90 Å². The van der Waals surface area contributed by atoms with Gasteiger partial charge in [0.15, 0.2) is 11.5 Å². The van der Waals surface area contributed by atoms with Crippen molar-refractivity contribution in [3.63, 3.8) is 0 Å². The first-order chi connectivity index (χ1) is 17.4. The first-order valence-corrected chi connectivity index (χ1v) is 11.8. The number of carbonyl (C=O) groups is 1. The van der Waals surface area contributed by atoms with Crippen molar-refractivity contribution < 1.29 is 27.8 Å². The van der Waals surface area contributed by atoms with Gasteiger partial charge in [-0.3, -0.25) is 9.69 Å². The molecule has 0 radical (unpaired) electrons. The van der Waals surface area contributed by atoms with Gasteiger partial charge in [-0.1, -0.05) is 48.5 Å². The number of halogens is 2. The molecule has 0 saturated carbocycles. The number of para-hydroxylation sites is 1. The summed E-state index contributed by atoms with van der Waals surface area (Å²) in [7, 11) is 3.17. The Balaban J connectivity index is 1.75. The van der Waals surface area contributed by atoms with Crippen LogP contribution in [-0.4, -0.2) is 38.2 Å². The molecular weight excluding hydrogens is 466 g/mol. The van der Waals surface area contributed by atoms with E-state index in [0.29, 0.717) is 42.9 Å². The summed E-state index contributed by atoms with van der Waals surface area (Å²) in [6.45, 7) is -2.32. The molecule has 1 aliphatic rings. The predicted molar refractivity (Wildman–Crippen MR) is 132 cm³/mol. The number of amides is 1. The van der Waals surface area contributed by atoms with Crippen molar-refractivity contribution in [3.05, 3.63) is 89.0 Å². The Morgan fingerprint density at radius 3 is 2.33 bits per heavy atom. The molecule has 0 saturated heterocycles. The van der Waals surface area contributed by atoms with Crippen molar-refractivity contribution in [2.75, 3.05) is 20.8 Å². The molecule has 8 heteroatoms. The number of rotatable bonds is 10. The van der Waals surface area contributed by atoms with E-state index >= 15 is 0 Å². The molecule has 0 spiro atoms. The quantitative estimate of drug-likeness (QED) is 0.425. The second-order valence-electron chi connectivity index (χ2n) is 8.65. The first kappa shape index (κ1) is 25.4. The summed E-state index contributed by atoms with van der Waals surface area (Å²) in [5.41, 5.74) is 9.49. The molecule has 3 aromatic carbocycles. The lowest BCUT2D eigenvalue weighted by atomic mass is 9.86. The van der Waals surface area contributed by atoms with E-state index < -0.39 is 18.6 Å². The lowest BCUT2D eigenvalue weighted by Crippen LogP contribution is -2.44. The molecule has 0 fully saturated rings. The maximum Gasteiger partial charge on any atom is 0.387 e. The SMILES string of the molecule is COc1cc2c(cc1OC)C(CCc1ccccc1OC(F)F)N(C(C(N)=O)c1ccccc1)CC2. The van der Waals surface area contributed by atoms with Crippen LogP contribution >= 0.6 is 0 Å². The third-order valence-corrected chi connectivity index (χ3v) is 6.64. The monoisotopic (exact) mass is 496 g/mol. The highest BCUT2D eigenvalue weighted by Gasteiger charge is 2.36. The van der Waals surface area contributed by atoms with Crippen molar-refractivity contribution in [3.8, 4) is 17.2 Å². The highest BCUT2D eigenvalue weighted by atomic mass is 19.3. The number of alkyl halides is 2. The van der Waals surface area contributed by atoms with E-state index in [4.69, 9.17) is 19.9 Å². The summed E-state index contributed by atoms with van der Waals surface area (Å²) < 4.78 is 41.8. The minimum Gasteiger partial charge on any atom is -0.493 e. The van der Waals surface area contributed by atoms with E-state index in [1.165, 1.54) is 6.07 Å². The normalized spacial score (nSPS) is 16.3. The summed E-state index contributed by atoms with van der Waals surface area (Å²) in [5, 5.41) is 0.